The van der Waals surface area contributed by atoms with Crippen molar-refractivity contribution in [2.45, 2.75) is 31.4 Å². The minimum Gasteiger partial charge on any atom is -0.471 e. The normalized spacial score (nSPS) is 16.3. The van der Waals surface area contributed by atoms with Gasteiger partial charge in [0.25, 0.3) is 0 Å². The second-order valence-electron chi connectivity index (χ2n) is 8.25. The minimum atomic E-state index is 0.189. The molecule has 0 atom stereocenters. The van der Waals surface area contributed by atoms with Crippen LogP contribution in [0.5, 0.6) is 5.88 Å². The zero-order chi connectivity index (χ0) is 20.6. The van der Waals surface area contributed by atoms with Gasteiger partial charge in [0.15, 0.2) is 5.65 Å². The average molecular weight is 412 g/mol. The van der Waals surface area contributed by atoms with Crippen LogP contribution < -0.4 is 15.4 Å². The van der Waals surface area contributed by atoms with Crippen LogP contribution in [-0.4, -0.2) is 38.8 Å². The van der Waals surface area contributed by atoms with Crippen LogP contribution in [0.4, 0.5) is 5.82 Å². The molecular formula is C24H24N6O. The molecule has 1 saturated heterocycles. The standard InChI is InChI=1S/C24H24N6O/c1-2-10-26-21(3-1)18-6-4-16(5-7-18)12-27-22-11-23(31-19-13-25-14-19)29-24-20(17-8-9-17)15-28-30(22)24/h1-7,10-11,15,17,19,25,27H,8-9,12-14H2. The molecule has 6 rings (SSSR count). The number of rotatable bonds is 7. The third-order valence-electron chi connectivity index (χ3n) is 5.91. The highest BCUT2D eigenvalue weighted by atomic mass is 16.5. The van der Waals surface area contributed by atoms with Gasteiger partial charge in [-0.25, -0.2) is 0 Å². The third-order valence-corrected chi connectivity index (χ3v) is 5.91. The van der Waals surface area contributed by atoms with E-state index in [4.69, 9.17) is 9.72 Å². The summed E-state index contributed by atoms with van der Waals surface area (Å²) in [5.74, 6) is 2.14. The molecule has 1 aliphatic heterocycles. The third kappa shape index (κ3) is 3.72. The second-order valence-corrected chi connectivity index (χ2v) is 8.25. The molecule has 0 spiro atoms. The summed E-state index contributed by atoms with van der Waals surface area (Å²) in [6.07, 6.45) is 6.40. The van der Waals surface area contributed by atoms with E-state index < -0.39 is 0 Å². The molecule has 7 nitrogen and oxygen atoms in total. The highest BCUT2D eigenvalue weighted by molar-refractivity contribution is 5.60. The molecule has 0 radical (unpaired) electrons. The molecule has 1 aromatic carbocycles. The van der Waals surface area contributed by atoms with E-state index in [9.17, 15) is 0 Å². The number of hydrogen-bond acceptors (Lipinski definition) is 6. The molecule has 1 saturated carbocycles. The van der Waals surface area contributed by atoms with Gasteiger partial charge in [0.2, 0.25) is 5.88 Å². The van der Waals surface area contributed by atoms with Crippen molar-refractivity contribution in [2.75, 3.05) is 18.4 Å². The molecule has 0 unspecified atom stereocenters. The fourth-order valence-electron chi connectivity index (χ4n) is 3.86. The number of ether oxygens (including phenoxy) is 1. The van der Waals surface area contributed by atoms with Crippen molar-refractivity contribution in [1.29, 1.82) is 0 Å². The predicted molar refractivity (Wildman–Crippen MR) is 119 cm³/mol. The molecule has 2 fully saturated rings. The lowest BCUT2D eigenvalue weighted by Gasteiger charge is -2.27. The van der Waals surface area contributed by atoms with Crippen molar-refractivity contribution in [1.82, 2.24) is 24.9 Å². The van der Waals surface area contributed by atoms with Crippen molar-refractivity contribution in [3.8, 4) is 17.1 Å². The Morgan fingerprint density at radius 2 is 1.97 bits per heavy atom. The number of pyridine rings is 1. The van der Waals surface area contributed by atoms with Gasteiger partial charge in [-0.1, -0.05) is 30.3 Å². The van der Waals surface area contributed by atoms with Crippen molar-refractivity contribution < 1.29 is 4.74 Å². The summed E-state index contributed by atoms with van der Waals surface area (Å²) in [7, 11) is 0. The van der Waals surface area contributed by atoms with Crippen LogP contribution >= 0.6 is 0 Å². The summed E-state index contributed by atoms with van der Waals surface area (Å²) < 4.78 is 7.98. The first kappa shape index (κ1) is 18.3. The van der Waals surface area contributed by atoms with Crippen LogP contribution in [0.3, 0.4) is 0 Å². The van der Waals surface area contributed by atoms with Gasteiger partial charge in [-0.3, -0.25) is 4.98 Å². The van der Waals surface area contributed by atoms with Gasteiger partial charge >= 0.3 is 0 Å². The van der Waals surface area contributed by atoms with E-state index in [1.165, 1.54) is 24.0 Å². The smallest absolute Gasteiger partial charge is 0.219 e. The second kappa shape index (κ2) is 7.67. The SMILES string of the molecule is c1ccc(-c2ccc(CNc3cc(OC4CNC4)nc4c(C5CC5)cnn34)cc2)nc1. The lowest BCUT2D eigenvalue weighted by Crippen LogP contribution is -2.50. The van der Waals surface area contributed by atoms with Gasteiger partial charge in [0, 0.05) is 43.0 Å². The average Bonchev–Trinajstić information content (AvgIpc) is 3.54. The maximum absolute atomic E-state index is 6.08. The van der Waals surface area contributed by atoms with E-state index in [1.807, 2.05) is 41.2 Å². The number of nitrogens with one attached hydrogen (secondary N) is 2. The Hall–Kier alpha value is -3.45. The van der Waals surface area contributed by atoms with Gasteiger partial charge in [0.1, 0.15) is 11.9 Å². The molecule has 0 amide bonds. The lowest BCUT2D eigenvalue weighted by atomic mass is 10.1. The maximum atomic E-state index is 6.08. The summed E-state index contributed by atoms with van der Waals surface area (Å²) in [6, 6.07) is 16.4. The Morgan fingerprint density at radius 1 is 1.10 bits per heavy atom. The van der Waals surface area contributed by atoms with E-state index in [0.29, 0.717) is 18.3 Å². The Kier molecular flexibility index (Phi) is 4.53. The van der Waals surface area contributed by atoms with Gasteiger partial charge in [0.05, 0.1) is 11.9 Å². The van der Waals surface area contributed by atoms with Crippen LogP contribution in [0.1, 0.15) is 29.9 Å². The van der Waals surface area contributed by atoms with Crippen molar-refractivity contribution in [3.05, 3.63) is 72.1 Å². The van der Waals surface area contributed by atoms with Crippen LogP contribution in [-0.2, 0) is 6.54 Å². The van der Waals surface area contributed by atoms with E-state index in [-0.39, 0.29) is 6.10 Å². The first-order valence-corrected chi connectivity index (χ1v) is 10.8. The van der Waals surface area contributed by atoms with E-state index in [0.717, 1.165) is 35.8 Å². The maximum Gasteiger partial charge on any atom is 0.219 e. The molecule has 4 heterocycles. The van der Waals surface area contributed by atoms with E-state index in [2.05, 4.69) is 45.0 Å². The first-order valence-electron chi connectivity index (χ1n) is 10.8. The zero-order valence-electron chi connectivity index (χ0n) is 17.2. The summed E-state index contributed by atoms with van der Waals surface area (Å²) in [6.45, 7) is 2.42. The van der Waals surface area contributed by atoms with Gasteiger partial charge in [-0.2, -0.15) is 14.6 Å². The zero-order valence-corrected chi connectivity index (χ0v) is 17.2. The van der Waals surface area contributed by atoms with Crippen molar-refractivity contribution in [2.24, 2.45) is 0 Å². The number of benzene rings is 1. The molecule has 3 aromatic heterocycles. The van der Waals surface area contributed by atoms with Crippen molar-refractivity contribution >= 4 is 11.5 Å². The number of anilines is 1. The molecule has 4 aromatic rings. The highest BCUT2D eigenvalue weighted by Gasteiger charge is 2.29. The fourth-order valence-corrected chi connectivity index (χ4v) is 3.86. The lowest BCUT2D eigenvalue weighted by molar-refractivity contribution is 0.136. The minimum absolute atomic E-state index is 0.189. The summed E-state index contributed by atoms with van der Waals surface area (Å²) in [5.41, 5.74) is 5.40. The first-order chi connectivity index (χ1) is 15.3. The highest BCUT2D eigenvalue weighted by Crippen LogP contribution is 2.42. The van der Waals surface area contributed by atoms with Crippen LogP contribution in [0.15, 0.2) is 60.9 Å². The molecule has 31 heavy (non-hydrogen) atoms. The van der Waals surface area contributed by atoms with Gasteiger partial charge in [-0.05, 0) is 36.5 Å². The Bertz CT molecular complexity index is 1200. The summed E-state index contributed by atoms with van der Waals surface area (Å²) >= 11 is 0. The van der Waals surface area contributed by atoms with Crippen LogP contribution in [0.2, 0.25) is 0 Å². The molecule has 0 bridgehead atoms. The number of nitrogens with zero attached hydrogens (tertiary/aromatic N) is 4. The largest absolute Gasteiger partial charge is 0.471 e. The number of fused-ring (bicyclic) bond motifs is 1. The Morgan fingerprint density at radius 3 is 2.68 bits per heavy atom. The van der Waals surface area contributed by atoms with E-state index in [1.54, 1.807) is 0 Å². The molecule has 2 N–H and O–H groups in total. The van der Waals surface area contributed by atoms with Crippen LogP contribution in [0, 0.1) is 0 Å². The number of hydrogen-bond donors (Lipinski definition) is 2. The molecule has 156 valence electrons. The van der Waals surface area contributed by atoms with Crippen molar-refractivity contribution in [3.63, 3.8) is 0 Å². The molecular weight excluding hydrogens is 388 g/mol. The molecule has 2 aliphatic rings. The monoisotopic (exact) mass is 412 g/mol. The quantitative estimate of drug-likeness (QED) is 0.483. The Labute approximate surface area is 180 Å². The molecule has 1 aliphatic carbocycles. The van der Waals surface area contributed by atoms with E-state index >= 15 is 0 Å². The van der Waals surface area contributed by atoms with Gasteiger partial charge < -0.3 is 15.4 Å². The Balaban J connectivity index is 1.25. The predicted octanol–water partition coefficient (Wildman–Crippen LogP) is 3.63. The number of aromatic nitrogens is 4. The van der Waals surface area contributed by atoms with Crippen LogP contribution in [0.25, 0.3) is 16.9 Å². The topological polar surface area (TPSA) is 76.4 Å². The summed E-state index contributed by atoms with van der Waals surface area (Å²) in [4.78, 5) is 9.20. The van der Waals surface area contributed by atoms with Gasteiger partial charge in [-0.15, -0.1) is 0 Å². The summed E-state index contributed by atoms with van der Waals surface area (Å²) in [5, 5.41) is 11.4. The molecule has 7 heteroatoms. The fraction of sp³-hybridized carbons (Fsp3) is 0.292.